The van der Waals surface area contributed by atoms with Crippen LogP contribution in [0.25, 0.3) is 11.3 Å². The van der Waals surface area contributed by atoms with Gasteiger partial charge in [-0.3, -0.25) is 9.97 Å². The number of hydrogen-bond acceptors (Lipinski definition) is 4. The zero-order valence-corrected chi connectivity index (χ0v) is 9.81. The Bertz CT molecular complexity index is 540. The van der Waals surface area contributed by atoms with E-state index in [4.69, 9.17) is 11.6 Å². The molecule has 0 atom stereocenters. The molecule has 0 N–H and O–H groups in total. The number of hydrogen-bond donors (Lipinski definition) is 0. The highest BCUT2D eigenvalue weighted by molar-refractivity contribution is 6.30. The van der Waals surface area contributed by atoms with E-state index in [2.05, 4.69) is 14.7 Å². The summed E-state index contributed by atoms with van der Waals surface area (Å²) in [6.07, 6.45) is 4.62. The normalized spacial score (nSPS) is 10.0. The van der Waals surface area contributed by atoms with E-state index in [1.807, 2.05) is 0 Å². The highest BCUT2D eigenvalue weighted by Crippen LogP contribution is 2.18. The molecular formula is C12H9ClN2O2. The first kappa shape index (κ1) is 11.5. The van der Waals surface area contributed by atoms with Crippen molar-refractivity contribution in [2.24, 2.45) is 0 Å². The van der Waals surface area contributed by atoms with Gasteiger partial charge >= 0.3 is 5.97 Å². The number of nitrogens with zero attached hydrogens (tertiary/aromatic N) is 2. The average Bonchev–Trinajstić information content (AvgIpc) is 2.39. The zero-order valence-electron chi connectivity index (χ0n) is 9.05. The van der Waals surface area contributed by atoms with Gasteiger partial charge in [-0.1, -0.05) is 11.6 Å². The van der Waals surface area contributed by atoms with E-state index in [1.54, 1.807) is 30.6 Å². The summed E-state index contributed by atoms with van der Waals surface area (Å²) in [5, 5.41) is 0.561. The van der Waals surface area contributed by atoms with Crippen LogP contribution in [0.3, 0.4) is 0 Å². The first-order valence-electron chi connectivity index (χ1n) is 4.86. The lowest BCUT2D eigenvalue weighted by Gasteiger charge is -2.03. The van der Waals surface area contributed by atoms with Gasteiger partial charge in [0.2, 0.25) is 0 Å². The predicted octanol–water partition coefficient (Wildman–Crippen LogP) is 2.58. The maximum Gasteiger partial charge on any atom is 0.339 e. The van der Waals surface area contributed by atoms with Crippen LogP contribution >= 0.6 is 11.6 Å². The summed E-state index contributed by atoms with van der Waals surface area (Å²) in [6.45, 7) is 0. The number of ether oxygens (including phenoxy) is 1. The second-order valence-electron chi connectivity index (χ2n) is 3.32. The molecule has 0 amide bonds. The molecule has 0 aliphatic carbocycles. The second kappa shape index (κ2) is 4.93. The summed E-state index contributed by atoms with van der Waals surface area (Å²) in [6, 6.07) is 5.17. The number of methoxy groups -OCH3 is 1. The third-order valence-electron chi connectivity index (χ3n) is 2.18. The molecule has 0 unspecified atom stereocenters. The molecule has 2 rings (SSSR count). The fourth-order valence-electron chi connectivity index (χ4n) is 1.36. The van der Waals surface area contributed by atoms with Gasteiger partial charge in [0, 0.05) is 24.2 Å². The van der Waals surface area contributed by atoms with Crippen LogP contribution in [0.1, 0.15) is 10.4 Å². The maximum absolute atomic E-state index is 11.3. The molecule has 17 heavy (non-hydrogen) atoms. The maximum atomic E-state index is 11.3. The minimum Gasteiger partial charge on any atom is -0.465 e. The molecule has 2 aromatic rings. The van der Waals surface area contributed by atoms with Gasteiger partial charge in [0.15, 0.2) is 0 Å². The molecular weight excluding hydrogens is 240 g/mol. The smallest absolute Gasteiger partial charge is 0.339 e. The van der Waals surface area contributed by atoms with E-state index in [1.165, 1.54) is 13.3 Å². The van der Waals surface area contributed by atoms with Crippen LogP contribution in [0.2, 0.25) is 5.02 Å². The van der Waals surface area contributed by atoms with Crippen molar-refractivity contribution in [1.29, 1.82) is 0 Å². The minimum atomic E-state index is -0.423. The van der Waals surface area contributed by atoms with Gasteiger partial charge in [-0.25, -0.2) is 4.79 Å². The van der Waals surface area contributed by atoms with Gasteiger partial charge in [0.05, 0.1) is 23.4 Å². The molecule has 2 heterocycles. The Balaban J connectivity index is 2.39. The third kappa shape index (κ3) is 2.60. The SMILES string of the molecule is COC(=O)c1cncc(-c2ccc(Cl)cn2)c1. The first-order valence-corrected chi connectivity index (χ1v) is 5.24. The molecule has 0 fully saturated rings. The van der Waals surface area contributed by atoms with Crippen LogP contribution in [0, 0.1) is 0 Å². The van der Waals surface area contributed by atoms with Crippen molar-refractivity contribution in [3.63, 3.8) is 0 Å². The van der Waals surface area contributed by atoms with Crippen molar-refractivity contribution < 1.29 is 9.53 Å². The fraction of sp³-hybridized carbons (Fsp3) is 0.0833. The molecule has 0 aliphatic heterocycles. The Hall–Kier alpha value is -1.94. The predicted molar refractivity (Wildman–Crippen MR) is 63.8 cm³/mol. The van der Waals surface area contributed by atoms with Crippen molar-refractivity contribution in [2.75, 3.05) is 7.11 Å². The van der Waals surface area contributed by atoms with E-state index in [-0.39, 0.29) is 0 Å². The van der Waals surface area contributed by atoms with E-state index in [0.717, 1.165) is 5.56 Å². The summed E-state index contributed by atoms with van der Waals surface area (Å²) >= 11 is 5.75. The number of carbonyl (C=O) groups is 1. The van der Waals surface area contributed by atoms with Crippen LogP contribution in [-0.4, -0.2) is 23.0 Å². The van der Waals surface area contributed by atoms with Crippen molar-refractivity contribution in [3.8, 4) is 11.3 Å². The molecule has 0 aromatic carbocycles. The van der Waals surface area contributed by atoms with Gasteiger partial charge in [0.25, 0.3) is 0 Å². The number of esters is 1. The molecule has 4 nitrogen and oxygen atoms in total. The monoisotopic (exact) mass is 248 g/mol. The second-order valence-corrected chi connectivity index (χ2v) is 3.75. The Labute approximate surface area is 103 Å². The highest BCUT2D eigenvalue weighted by Gasteiger charge is 2.08. The molecule has 86 valence electrons. The number of pyridine rings is 2. The molecule has 0 saturated carbocycles. The number of rotatable bonds is 2. The molecule has 2 aromatic heterocycles. The van der Waals surface area contributed by atoms with Gasteiger partial charge in [-0.15, -0.1) is 0 Å². The van der Waals surface area contributed by atoms with Crippen LogP contribution in [0.15, 0.2) is 36.8 Å². The Morgan fingerprint density at radius 3 is 2.76 bits per heavy atom. The summed E-state index contributed by atoms with van der Waals surface area (Å²) in [4.78, 5) is 19.5. The molecule has 0 radical (unpaired) electrons. The molecule has 5 heteroatoms. The van der Waals surface area contributed by atoms with Crippen molar-refractivity contribution in [3.05, 3.63) is 47.4 Å². The van der Waals surface area contributed by atoms with Crippen LogP contribution in [0.5, 0.6) is 0 Å². The summed E-state index contributed by atoms with van der Waals surface area (Å²) in [5.74, 6) is -0.423. The van der Waals surface area contributed by atoms with E-state index < -0.39 is 5.97 Å². The zero-order chi connectivity index (χ0) is 12.3. The quantitative estimate of drug-likeness (QED) is 0.767. The fourth-order valence-corrected chi connectivity index (χ4v) is 1.47. The Morgan fingerprint density at radius 1 is 1.29 bits per heavy atom. The highest BCUT2D eigenvalue weighted by atomic mass is 35.5. The van der Waals surface area contributed by atoms with Crippen molar-refractivity contribution in [2.45, 2.75) is 0 Å². The number of carbonyl (C=O) groups excluding carboxylic acids is 1. The summed E-state index contributed by atoms with van der Waals surface area (Å²) < 4.78 is 4.63. The largest absolute Gasteiger partial charge is 0.465 e. The molecule has 0 spiro atoms. The van der Waals surface area contributed by atoms with E-state index in [9.17, 15) is 4.79 Å². The number of aromatic nitrogens is 2. The van der Waals surface area contributed by atoms with E-state index in [0.29, 0.717) is 16.3 Å². The van der Waals surface area contributed by atoms with Crippen LogP contribution < -0.4 is 0 Å². The van der Waals surface area contributed by atoms with Gasteiger partial charge in [-0.2, -0.15) is 0 Å². The van der Waals surface area contributed by atoms with Gasteiger partial charge in [0.1, 0.15) is 0 Å². The van der Waals surface area contributed by atoms with E-state index >= 15 is 0 Å². The Morgan fingerprint density at radius 2 is 2.12 bits per heavy atom. The lowest BCUT2D eigenvalue weighted by atomic mass is 10.1. The van der Waals surface area contributed by atoms with Crippen molar-refractivity contribution in [1.82, 2.24) is 9.97 Å². The number of halogens is 1. The minimum absolute atomic E-state index is 0.391. The van der Waals surface area contributed by atoms with Crippen LogP contribution in [0.4, 0.5) is 0 Å². The molecule has 0 aliphatic rings. The van der Waals surface area contributed by atoms with Crippen LogP contribution in [-0.2, 0) is 4.74 Å². The third-order valence-corrected chi connectivity index (χ3v) is 2.41. The summed E-state index contributed by atoms with van der Waals surface area (Å²) in [7, 11) is 1.33. The Kier molecular flexibility index (Phi) is 3.35. The molecule has 0 bridgehead atoms. The van der Waals surface area contributed by atoms with Gasteiger partial charge < -0.3 is 4.74 Å². The first-order chi connectivity index (χ1) is 8.20. The van der Waals surface area contributed by atoms with Gasteiger partial charge in [-0.05, 0) is 18.2 Å². The van der Waals surface area contributed by atoms with Crippen molar-refractivity contribution >= 4 is 17.6 Å². The standard InChI is InChI=1S/C12H9ClN2O2/c1-17-12(16)9-4-8(5-14-6-9)11-3-2-10(13)7-15-11/h2-7H,1H3. The molecule has 0 saturated heterocycles. The lowest BCUT2D eigenvalue weighted by molar-refractivity contribution is 0.0600. The topological polar surface area (TPSA) is 52.1 Å². The lowest BCUT2D eigenvalue weighted by Crippen LogP contribution is -2.02. The summed E-state index contributed by atoms with van der Waals surface area (Å²) in [5.41, 5.74) is 1.83. The average molecular weight is 249 g/mol.